The van der Waals surface area contributed by atoms with Crippen LogP contribution in [0.3, 0.4) is 0 Å². The second-order valence-corrected chi connectivity index (χ2v) is 8.98. The van der Waals surface area contributed by atoms with E-state index in [1.54, 1.807) is 6.07 Å². The molecular weight excluding hydrogens is 486 g/mol. The molecule has 0 aromatic heterocycles. The number of rotatable bonds is 12. The Morgan fingerprint density at radius 3 is 2.03 bits per heavy atom. The van der Waals surface area contributed by atoms with E-state index in [0.29, 0.717) is 36.2 Å². The third kappa shape index (κ3) is 11.3. The molecule has 0 saturated heterocycles. The molecule has 8 nitrogen and oxygen atoms in total. The molecule has 0 fully saturated rings. The molecule has 0 heterocycles. The molecule has 2 aromatic rings. The molecule has 0 aliphatic carbocycles. The summed E-state index contributed by atoms with van der Waals surface area (Å²) in [6, 6.07) is 14.6. The lowest BCUT2D eigenvalue weighted by atomic mass is 9.86. The van der Waals surface area contributed by atoms with Gasteiger partial charge in [-0.15, -0.1) is 0 Å². The number of carbonyl (C=O) groups is 3. The Morgan fingerprint density at radius 2 is 1.55 bits per heavy atom. The van der Waals surface area contributed by atoms with E-state index in [4.69, 9.17) is 24.5 Å². The van der Waals surface area contributed by atoms with E-state index in [0.717, 1.165) is 5.56 Å². The lowest BCUT2D eigenvalue weighted by Crippen LogP contribution is -2.38. The maximum atomic E-state index is 13.1. The van der Waals surface area contributed by atoms with Gasteiger partial charge in [0.25, 0.3) is 0 Å². The topological polar surface area (TPSA) is 124 Å². The molecule has 2 aromatic carbocycles. The summed E-state index contributed by atoms with van der Waals surface area (Å²) in [4.78, 5) is 34.5. The van der Waals surface area contributed by atoms with Crippen molar-refractivity contribution < 1.29 is 44.0 Å². The Bertz CT molecular complexity index is 1270. The largest absolute Gasteiger partial charge is 0.478 e. The van der Waals surface area contributed by atoms with Gasteiger partial charge < -0.3 is 20.1 Å². The van der Waals surface area contributed by atoms with E-state index in [9.17, 15) is 19.5 Å². The fourth-order valence-electron chi connectivity index (χ4n) is 3.93. The second-order valence-electron chi connectivity index (χ2n) is 8.98. The quantitative estimate of drug-likeness (QED) is 0.195. The predicted molar refractivity (Wildman–Crippen MR) is 147 cm³/mol. The number of carboxylic acid groups (broad SMARTS) is 2. The van der Waals surface area contributed by atoms with Gasteiger partial charge in [-0.2, -0.15) is 0 Å². The van der Waals surface area contributed by atoms with Crippen molar-refractivity contribution in [1.82, 2.24) is 4.90 Å². The number of esters is 1. The summed E-state index contributed by atoms with van der Waals surface area (Å²) in [7, 11) is 0. The molecule has 1 atom stereocenters. The van der Waals surface area contributed by atoms with Gasteiger partial charge in [-0.05, 0) is 63.9 Å². The molecule has 38 heavy (non-hydrogen) atoms. The first-order chi connectivity index (χ1) is 20.7. The van der Waals surface area contributed by atoms with Gasteiger partial charge in [0.05, 0.1) is 12.5 Å². The average Bonchev–Trinajstić information content (AvgIpc) is 2.93. The summed E-state index contributed by atoms with van der Waals surface area (Å²) < 4.78 is 59.3. The fourth-order valence-corrected chi connectivity index (χ4v) is 3.93. The number of nitrogens with zero attached hydrogens (tertiary/aromatic N) is 1. The predicted octanol–water partition coefficient (Wildman–Crippen LogP) is 5.09. The van der Waals surface area contributed by atoms with Crippen LogP contribution in [0.1, 0.15) is 80.0 Å². The van der Waals surface area contributed by atoms with E-state index in [-0.39, 0.29) is 30.4 Å². The van der Waals surface area contributed by atoms with Crippen LogP contribution in [0.25, 0.3) is 0 Å². The molecule has 0 aliphatic heterocycles. The van der Waals surface area contributed by atoms with Crippen molar-refractivity contribution in [3.8, 4) is 5.75 Å². The maximum Gasteiger partial charge on any atom is 0.328 e. The average molecular weight is 535 g/mol. The molecular formula is C30H41NO7. The molecule has 0 spiro atoms. The Balaban J connectivity index is 0.00000111. The second kappa shape index (κ2) is 16.4. The summed E-state index contributed by atoms with van der Waals surface area (Å²) in [5, 5.41) is 25.4. The highest BCUT2D eigenvalue weighted by atomic mass is 16.5. The Kier molecular flexibility index (Phi) is 9.69. The van der Waals surface area contributed by atoms with Crippen molar-refractivity contribution >= 4 is 17.9 Å². The maximum absolute atomic E-state index is 13.1. The van der Waals surface area contributed by atoms with E-state index in [1.165, 1.54) is 12.1 Å². The van der Waals surface area contributed by atoms with Crippen LogP contribution in [-0.4, -0.2) is 56.8 Å². The van der Waals surface area contributed by atoms with Gasteiger partial charge in [0.2, 0.25) is 0 Å². The van der Waals surface area contributed by atoms with E-state index in [2.05, 4.69) is 32.6 Å². The van der Waals surface area contributed by atoms with Crippen molar-refractivity contribution in [1.29, 1.82) is 0 Å². The third-order valence-electron chi connectivity index (χ3n) is 5.61. The van der Waals surface area contributed by atoms with Crippen LogP contribution in [-0.2, 0) is 21.0 Å². The lowest BCUT2D eigenvalue weighted by molar-refractivity contribution is -0.138. The van der Waals surface area contributed by atoms with Gasteiger partial charge in [-0.1, -0.05) is 50.1 Å². The number of hydrogen-bond acceptors (Lipinski definition) is 6. The zero-order valence-electron chi connectivity index (χ0n) is 29.0. The van der Waals surface area contributed by atoms with Gasteiger partial charge in [-0.3, -0.25) is 9.69 Å². The van der Waals surface area contributed by atoms with Crippen molar-refractivity contribution in [2.45, 2.75) is 72.4 Å². The van der Waals surface area contributed by atoms with Gasteiger partial charge in [0, 0.05) is 45.3 Å². The highest BCUT2D eigenvalue weighted by molar-refractivity contribution is 5.89. The van der Waals surface area contributed by atoms with Crippen LogP contribution in [0.2, 0.25) is 0 Å². The number of aliphatic carboxylic acids is 2. The first-order valence-corrected chi connectivity index (χ1v) is 12.1. The van der Waals surface area contributed by atoms with E-state index >= 15 is 0 Å². The van der Waals surface area contributed by atoms with Crippen molar-refractivity contribution in [3.63, 3.8) is 0 Å². The molecule has 0 saturated carbocycles. The van der Waals surface area contributed by atoms with Crippen LogP contribution < -0.4 is 4.74 Å². The monoisotopic (exact) mass is 534 g/mol. The number of aliphatic hydroxyl groups is 1. The highest BCUT2D eigenvalue weighted by Gasteiger charge is 2.23. The van der Waals surface area contributed by atoms with Gasteiger partial charge >= 0.3 is 17.9 Å². The van der Waals surface area contributed by atoms with Gasteiger partial charge in [0.1, 0.15) is 5.75 Å². The van der Waals surface area contributed by atoms with Crippen molar-refractivity contribution in [2.24, 2.45) is 5.89 Å². The normalized spacial score (nSPS) is 15.7. The number of carbonyl (C=O) groups excluding carboxylic acids is 1. The van der Waals surface area contributed by atoms with E-state index in [1.807, 2.05) is 30.3 Å². The number of benzene rings is 2. The van der Waals surface area contributed by atoms with Crippen LogP contribution >= 0.6 is 0 Å². The van der Waals surface area contributed by atoms with Gasteiger partial charge in [-0.25, -0.2) is 9.59 Å². The zero-order valence-corrected chi connectivity index (χ0v) is 22.0. The number of aliphatic hydroxyl groups excluding tert-OH is 1. The molecule has 8 heteroatoms. The summed E-state index contributed by atoms with van der Waals surface area (Å²) in [5.74, 6) is -8.03. The Labute approximate surface area is 235 Å². The van der Waals surface area contributed by atoms with Crippen molar-refractivity contribution in [3.05, 3.63) is 77.4 Å². The minimum absolute atomic E-state index is 0.0400. The molecule has 0 bridgehead atoms. The fraction of sp³-hybridized carbons (Fsp3) is 0.433. The van der Waals surface area contributed by atoms with Crippen LogP contribution in [0.4, 0.5) is 0 Å². The lowest BCUT2D eigenvalue weighted by Gasteiger charge is -2.32. The summed E-state index contributed by atoms with van der Waals surface area (Å²) >= 11 is 0. The van der Waals surface area contributed by atoms with Crippen LogP contribution in [0.5, 0.6) is 5.75 Å². The minimum Gasteiger partial charge on any atom is -0.478 e. The Hall–Kier alpha value is -3.49. The molecule has 2 rings (SSSR count). The molecule has 1 unspecified atom stereocenters. The number of ether oxygens (including phenoxy) is 1. The summed E-state index contributed by atoms with van der Waals surface area (Å²) in [5.41, 5.74) is 1.95. The molecule has 0 radical (unpaired) electrons. The first kappa shape index (κ1) is 22.5. The summed E-state index contributed by atoms with van der Waals surface area (Å²) in [6.45, 7) is 1.94. The molecule has 3 N–H and O–H groups in total. The smallest absolute Gasteiger partial charge is 0.328 e. The summed E-state index contributed by atoms with van der Waals surface area (Å²) in [6.07, 6.45) is 1.72. The van der Waals surface area contributed by atoms with Gasteiger partial charge in [0.15, 0.2) is 0 Å². The SMILES string of the molecule is O=C(O)/C=C/C(=O)O.[2H]C([2H])([2H])C([2H])(C(=O)Oc1ccc(CO)cc1C(CCN(C(C)C)C(C)C)c1ccccc1)C([2H])([2H])[2H]. The number of carboxylic acids is 2. The standard InChI is InChI=1S/C26H37NO3.C4H4O4/c1-18(2)26(29)30-25-13-12-21(17-28)16-24(25)23(22-10-8-7-9-11-22)14-15-27(19(3)4)20(5)6;5-3(6)1-2-4(7)8/h7-13,16,18-20,23,28H,14-15,17H2,1-6H3;1-2H,(H,5,6)(H,7,8)/b;2-1+/i1D3,2D3,18D;. The van der Waals surface area contributed by atoms with E-state index < -0.39 is 37.5 Å². The first-order valence-electron chi connectivity index (χ1n) is 15.6. The molecule has 0 amide bonds. The van der Waals surface area contributed by atoms with Crippen LogP contribution in [0.15, 0.2) is 60.7 Å². The zero-order chi connectivity index (χ0) is 34.8. The molecule has 208 valence electrons. The number of hydrogen-bond donors (Lipinski definition) is 3. The van der Waals surface area contributed by atoms with Crippen molar-refractivity contribution in [2.75, 3.05) is 6.54 Å². The Morgan fingerprint density at radius 1 is 0.974 bits per heavy atom. The van der Waals surface area contributed by atoms with Crippen LogP contribution in [0, 0.1) is 5.89 Å². The minimum atomic E-state index is -3.47. The third-order valence-corrected chi connectivity index (χ3v) is 5.61. The molecule has 0 aliphatic rings. The highest BCUT2D eigenvalue weighted by Crippen LogP contribution is 2.36.